The molecule has 3 rings (SSSR count). The number of nitrogens with zero attached hydrogens (tertiary/aromatic N) is 2. The molecule has 28 heavy (non-hydrogen) atoms. The van der Waals surface area contributed by atoms with E-state index in [2.05, 4.69) is 15.7 Å². The molecule has 0 aliphatic heterocycles. The van der Waals surface area contributed by atoms with Crippen molar-refractivity contribution in [3.63, 3.8) is 0 Å². The summed E-state index contributed by atoms with van der Waals surface area (Å²) in [6, 6.07) is 12.5. The summed E-state index contributed by atoms with van der Waals surface area (Å²) in [6.07, 6.45) is 3.50. The van der Waals surface area contributed by atoms with E-state index in [1.165, 1.54) is 0 Å². The monoisotopic (exact) mass is 382 g/mol. The first kappa shape index (κ1) is 19.1. The number of nitrogens with one attached hydrogen (secondary N) is 2. The van der Waals surface area contributed by atoms with Crippen molar-refractivity contribution in [2.45, 2.75) is 6.54 Å². The maximum absolute atomic E-state index is 12.4. The van der Waals surface area contributed by atoms with Gasteiger partial charge in [0.1, 0.15) is 0 Å². The van der Waals surface area contributed by atoms with Crippen molar-refractivity contribution >= 4 is 11.7 Å². The molecular formula is C20H22N4O4. The second-order valence-corrected chi connectivity index (χ2v) is 5.81. The van der Waals surface area contributed by atoms with Crippen molar-refractivity contribution in [3.05, 3.63) is 60.4 Å². The maximum Gasteiger partial charge on any atom is 0.319 e. The lowest BCUT2D eigenvalue weighted by atomic mass is 10.2. The van der Waals surface area contributed by atoms with Gasteiger partial charge in [0.25, 0.3) is 0 Å². The summed E-state index contributed by atoms with van der Waals surface area (Å²) in [7, 11) is 4.64. The highest BCUT2D eigenvalue weighted by atomic mass is 16.5. The molecule has 0 aliphatic carbocycles. The van der Waals surface area contributed by atoms with Crippen LogP contribution in [0.2, 0.25) is 0 Å². The average molecular weight is 382 g/mol. The predicted octanol–water partition coefficient (Wildman–Crippen LogP) is 3.22. The van der Waals surface area contributed by atoms with Crippen LogP contribution in [-0.2, 0) is 6.54 Å². The normalized spacial score (nSPS) is 10.2. The summed E-state index contributed by atoms with van der Waals surface area (Å²) >= 11 is 0. The molecule has 0 unspecified atom stereocenters. The van der Waals surface area contributed by atoms with Gasteiger partial charge in [-0.1, -0.05) is 12.1 Å². The number of para-hydroxylation sites is 2. The highest BCUT2D eigenvalue weighted by Crippen LogP contribution is 2.38. The second-order valence-electron chi connectivity index (χ2n) is 5.81. The molecule has 8 nitrogen and oxygen atoms in total. The van der Waals surface area contributed by atoms with Gasteiger partial charge in [0.2, 0.25) is 5.75 Å². The summed E-state index contributed by atoms with van der Waals surface area (Å²) in [5.41, 5.74) is 2.23. The number of anilines is 1. The molecule has 8 heteroatoms. The number of amides is 2. The summed E-state index contributed by atoms with van der Waals surface area (Å²) < 4.78 is 17.7. The van der Waals surface area contributed by atoms with E-state index in [0.717, 1.165) is 11.3 Å². The van der Waals surface area contributed by atoms with E-state index in [-0.39, 0.29) is 12.6 Å². The van der Waals surface area contributed by atoms with Gasteiger partial charge in [-0.15, -0.1) is 0 Å². The smallest absolute Gasteiger partial charge is 0.319 e. The average Bonchev–Trinajstić information content (AvgIpc) is 3.26. The van der Waals surface area contributed by atoms with Crippen LogP contribution in [0.15, 0.2) is 54.9 Å². The first-order valence-corrected chi connectivity index (χ1v) is 8.59. The zero-order chi connectivity index (χ0) is 19.9. The molecule has 0 saturated heterocycles. The number of ether oxygens (including phenoxy) is 3. The molecule has 0 radical (unpaired) electrons. The van der Waals surface area contributed by atoms with Crippen LogP contribution in [0.1, 0.15) is 5.56 Å². The van der Waals surface area contributed by atoms with Crippen molar-refractivity contribution in [2.75, 3.05) is 26.6 Å². The minimum Gasteiger partial charge on any atom is -0.493 e. The van der Waals surface area contributed by atoms with Crippen LogP contribution in [-0.4, -0.2) is 37.1 Å². The Labute approximate surface area is 163 Å². The fraction of sp³-hybridized carbons (Fsp3) is 0.200. The number of rotatable bonds is 7. The van der Waals surface area contributed by atoms with Gasteiger partial charge in [-0.2, -0.15) is 5.10 Å². The van der Waals surface area contributed by atoms with E-state index >= 15 is 0 Å². The minimum atomic E-state index is -0.339. The van der Waals surface area contributed by atoms with Crippen LogP contribution in [0, 0.1) is 0 Å². The number of hydrogen-bond donors (Lipinski definition) is 2. The van der Waals surface area contributed by atoms with Crippen molar-refractivity contribution in [1.82, 2.24) is 15.1 Å². The fourth-order valence-corrected chi connectivity index (χ4v) is 2.78. The van der Waals surface area contributed by atoms with Crippen molar-refractivity contribution in [3.8, 4) is 22.9 Å². The predicted molar refractivity (Wildman–Crippen MR) is 106 cm³/mol. The zero-order valence-electron chi connectivity index (χ0n) is 15.9. The number of carbonyl (C=O) groups is 1. The Kier molecular flexibility index (Phi) is 6.01. The fourth-order valence-electron chi connectivity index (χ4n) is 2.78. The molecule has 0 saturated carbocycles. The molecule has 2 N–H and O–H groups in total. The van der Waals surface area contributed by atoms with Crippen LogP contribution in [0.4, 0.5) is 10.5 Å². The molecule has 0 aliphatic rings. The zero-order valence-corrected chi connectivity index (χ0v) is 15.9. The van der Waals surface area contributed by atoms with Gasteiger partial charge in [-0.25, -0.2) is 9.48 Å². The minimum absolute atomic E-state index is 0.284. The van der Waals surface area contributed by atoms with Gasteiger partial charge in [0, 0.05) is 18.9 Å². The van der Waals surface area contributed by atoms with Crippen LogP contribution in [0.3, 0.4) is 0 Å². The summed E-state index contributed by atoms with van der Waals surface area (Å²) in [5.74, 6) is 1.57. The lowest BCUT2D eigenvalue weighted by Crippen LogP contribution is -2.28. The molecule has 146 valence electrons. The number of methoxy groups -OCH3 is 3. The largest absolute Gasteiger partial charge is 0.493 e. The molecule has 2 amide bonds. The van der Waals surface area contributed by atoms with E-state index in [4.69, 9.17) is 14.2 Å². The van der Waals surface area contributed by atoms with Gasteiger partial charge >= 0.3 is 6.03 Å². The van der Waals surface area contributed by atoms with Crippen molar-refractivity contribution in [2.24, 2.45) is 0 Å². The van der Waals surface area contributed by atoms with Gasteiger partial charge in [0.15, 0.2) is 11.5 Å². The van der Waals surface area contributed by atoms with Crippen LogP contribution < -0.4 is 24.8 Å². The molecule has 1 heterocycles. The molecule has 1 aromatic heterocycles. The Balaban J connectivity index is 1.71. The Bertz CT molecular complexity index is 916. The molecule has 0 atom stereocenters. The number of urea groups is 1. The highest BCUT2D eigenvalue weighted by molar-refractivity contribution is 5.91. The molecule has 0 spiro atoms. The SMILES string of the molecule is COc1cc(CNC(=O)Nc2ccccc2-n2cccn2)cc(OC)c1OC. The van der Waals surface area contributed by atoms with Crippen molar-refractivity contribution < 1.29 is 19.0 Å². The van der Waals surface area contributed by atoms with E-state index in [0.29, 0.717) is 22.9 Å². The van der Waals surface area contributed by atoms with E-state index in [9.17, 15) is 4.79 Å². The summed E-state index contributed by atoms with van der Waals surface area (Å²) in [4.78, 5) is 12.4. The van der Waals surface area contributed by atoms with Gasteiger partial charge in [-0.3, -0.25) is 0 Å². The van der Waals surface area contributed by atoms with E-state index in [1.54, 1.807) is 44.3 Å². The van der Waals surface area contributed by atoms with Gasteiger partial charge < -0.3 is 24.8 Å². The Morgan fingerprint density at radius 2 is 1.75 bits per heavy atom. The summed E-state index contributed by atoms with van der Waals surface area (Å²) in [6.45, 7) is 0.284. The maximum atomic E-state index is 12.4. The number of hydrogen-bond acceptors (Lipinski definition) is 5. The van der Waals surface area contributed by atoms with Crippen molar-refractivity contribution in [1.29, 1.82) is 0 Å². The molecule has 0 bridgehead atoms. The van der Waals surface area contributed by atoms with Crippen LogP contribution in [0.25, 0.3) is 5.69 Å². The Morgan fingerprint density at radius 3 is 2.36 bits per heavy atom. The lowest BCUT2D eigenvalue weighted by Gasteiger charge is -2.15. The van der Waals surface area contributed by atoms with Crippen LogP contribution >= 0.6 is 0 Å². The van der Waals surface area contributed by atoms with Gasteiger partial charge in [-0.05, 0) is 35.9 Å². The first-order valence-electron chi connectivity index (χ1n) is 8.59. The standard InChI is InChI=1S/C20H22N4O4/c1-26-17-11-14(12-18(27-2)19(17)28-3)13-21-20(25)23-15-7-4-5-8-16(15)24-10-6-9-22-24/h4-12H,13H2,1-3H3,(H2,21,23,25). The number of benzene rings is 2. The Hall–Kier alpha value is -3.68. The van der Waals surface area contributed by atoms with Crippen LogP contribution in [0.5, 0.6) is 17.2 Å². The lowest BCUT2D eigenvalue weighted by molar-refractivity contribution is 0.251. The Morgan fingerprint density at radius 1 is 1.04 bits per heavy atom. The third-order valence-electron chi connectivity index (χ3n) is 4.08. The molecule has 0 fully saturated rings. The number of carbonyl (C=O) groups excluding carboxylic acids is 1. The number of aromatic nitrogens is 2. The second kappa shape index (κ2) is 8.81. The highest BCUT2D eigenvalue weighted by Gasteiger charge is 2.14. The molecule has 2 aromatic carbocycles. The topological polar surface area (TPSA) is 86.6 Å². The third-order valence-corrected chi connectivity index (χ3v) is 4.08. The van der Waals surface area contributed by atoms with E-state index < -0.39 is 0 Å². The molecular weight excluding hydrogens is 360 g/mol. The summed E-state index contributed by atoms with van der Waals surface area (Å²) in [5, 5.41) is 9.89. The quantitative estimate of drug-likeness (QED) is 0.655. The third kappa shape index (κ3) is 4.17. The first-order chi connectivity index (χ1) is 13.7. The van der Waals surface area contributed by atoms with Gasteiger partial charge in [0.05, 0.1) is 32.7 Å². The molecule has 3 aromatic rings. The van der Waals surface area contributed by atoms with E-state index in [1.807, 2.05) is 36.5 Å².